The standard InChI is InChI=1S/C12H11N3O/c1-9-11(7-13)12(8-16)15(14-9)10-5-3-2-4-6-10/h2-6,16H,8H2,1H3. The van der Waals surface area contributed by atoms with E-state index in [1.165, 1.54) is 0 Å². The van der Waals surface area contributed by atoms with E-state index < -0.39 is 0 Å². The zero-order valence-electron chi connectivity index (χ0n) is 8.88. The minimum absolute atomic E-state index is 0.196. The van der Waals surface area contributed by atoms with E-state index in [9.17, 15) is 5.11 Å². The summed E-state index contributed by atoms with van der Waals surface area (Å²) in [6.07, 6.45) is 0. The van der Waals surface area contributed by atoms with Gasteiger partial charge in [-0.15, -0.1) is 0 Å². The lowest BCUT2D eigenvalue weighted by atomic mass is 10.2. The van der Waals surface area contributed by atoms with Gasteiger partial charge in [-0.1, -0.05) is 18.2 Å². The van der Waals surface area contributed by atoms with Crippen molar-refractivity contribution in [1.29, 1.82) is 5.26 Å². The lowest BCUT2D eigenvalue weighted by Crippen LogP contribution is -2.02. The Labute approximate surface area is 93.4 Å². The smallest absolute Gasteiger partial charge is 0.103 e. The number of nitriles is 1. The highest BCUT2D eigenvalue weighted by Crippen LogP contribution is 2.17. The maximum absolute atomic E-state index is 9.29. The predicted molar refractivity (Wildman–Crippen MR) is 58.9 cm³/mol. The highest BCUT2D eigenvalue weighted by molar-refractivity contribution is 5.43. The molecule has 0 radical (unpaired) electrons. The molecule has 1 heterocycles. The summed E-state index contributed by atoms with van der Waals surface area (Å²) in [5.41, 5.74) is 2.46. The number of hydrogen-bond donors (Lipinski definition) is 1. The van der Waals surface area contributed by atoms with Gasteiger partial charge >= 0.3 is 0 Å². The van der Waals surface area contributed by atoms with Gasteiger partial charge in [0.15, 0.2) is 0 Å². The van der Waals surface area contributed by atoms with Gasteiger partial charge in [-0.05, 0) is 19.1 Å². The topological polar surface area (TPSA) is 61.8 Å². The largest absolute Gasteiger partial charge is 0.390 e. The van der Waals surface area contributed by atoms with Gasteiger partial charge in [0.1, 0.15) is 6.07 Å². The van der Waals surface area contributed by atoms with Crippen molar-refractivity contribution in [1.82, 2.24) is 9.78 Å². The summed E-state index contributed by atoms with van der Waals surface area (Å²) in [7, 11) is 0. The minimum Gasteiger partial charge on any atom is -0.390 e. The van der Waals surface area contributed by atoms with Gasteiger partial charge in [0, 0.05) is 0 Å². The molecule has 2 rings (SSSR count). The van der Waals surface area contributed by atoms with Crippen molar-refractivity contribution in [3.05, 3.63) is 47.3 Å². The molecule has 1 aromatic carbocycles. The van der Waals surface area contributed by atoms with E-state index in [0.717, 1.165) is 5.69 Å². The zero-order valence-corrected chi connectivity index (χ0v) is 8.88. The Balaban J connectivity index is 2.63. The maximum atomic E-state index is 9.29. The van der Waals surface area contributed by atoms with Gasteiger partial charge in [0.25, 0.3) is 0 Å². The van der Waals surface area contributed by atoms with Crippen molar-refractivity contribution in [2.45, 2.75) is 13.5 Å². The van der Waals surface area contributed by atoms with Gasteiger partial charge in [-0.3, -0.25) is 0 Å². The van der Waals surface area contributed by atoms with Gasteiger partial charge in [-0.25, -0.2) is 4.68 Å². The van der Waals surface area contributed by atoms with E-state index in [4.69, 9.17) is 5.26 Å². The van der Waals surface area contributed by atoms with Crippen molar-refractivity contribution in [3.63, 3.8) is 0 Å². The van der Waals surface area contributed by atoms with Crippen LogP contribution in [0.2, 0.25) is 0 Å². The average molecular weight is 213 g/mol. The molecule has 0 spiro atoms. The first-order valence-corrected chi connectivity index (χ1v) is 4.92. The first-order chi connectivity index (χ1) is 7.77. The molecule has 0 bridgehead atoms. The number of aliphatic hydroxyl groups is 1. The first kappa shape index (κ1) is 10.4. The average Bonchev–Trinajstić information content (AvgIpc) is 2.66. The normalized spacial score (nSPS) is 10.1. The second kappa shape index (κ2) is 4.17. The number of nitrogens with zero attached hydrogens (tertiary/aromatic N) is 3. The monoisotopic (exact) mass is 213 g/mol. The van der Waals surface area contributed by atoms with E-state index in [1.807, 2.05) is 30.3 Å². The van der Waals surface area contributed by atoms with Gasteiger partial charge < -0.3 is 5.11 Å². The fourth-order valence-corrected chi connectivity index (χ4v) is 1.65. The Hall–Kier alpha value is -2.12. The second-order valence-corrected chi connectivity index (χ2v) is 3.42. The summed E-state index contributed by atoms with van der Waals surface area (Å²) in [5, 5.41) is 22.5. The van der Waals surface area contributed by atoms with Crippen molar-refractivity contribution in [2.75, 3.05) is 0 Å². The highest BCUT2D eigenvalue weighted by Gasteiger charge is 2.14. The summed E-state index contributed by atoms with van der Waals surface area (Å²) < 4.78 is 1.61. The summed E-state index contributed by atoms with van der Waals surface area (Å²) >= 11 is 0. The van der Waals surface area contributed by atoms with Gasteiger partial charge in [0.2, 0.25) is 0 Å². The Morgan fingerprint density at radius 3 is 2.62 bits per heavy atom. The molecular formula is C12H11N3O. The molecule has 4 heteroatoms. The summed E-state index contributed by atoms with van der Waals surface area (Å²) in [5.74, 6) is 0. The fraction of sp³-hybridized carbons (Fsp3) is 0.167. The Bertz CT molecular complexity index is 537. The molecule has 0 atom stereocenters. The fourth-order valence-electron chi connectivity index (χ4n) is 1.65. The van der Waals surface area contributed by atoms with Crippen molar-refractivity contribution < 1.29 is 5.11 Å². The van der Waals surface area contributed by atoms with E-state index in [-0.39, 0.29) is 6.61 Å². The van der Waals surface area contributed by atoms with Gasteiger partial charge in [-0.2, -0.15) is 10.4 Å². The molecule has 80 valence electrons. The number of aromatic nitrogens is 2. The van der Waals surface area contributed by atoms with Crippen LogP contribution in [0, 0.1) is 18.3 Å². The molecule has 16 heavy (non-hydrogen) atoms. The SMILES string of the molecule is Cc1nn(-c2ccccc2)c(CO)c1C#N. The van der Waals surface area contributed by atoms with Crippen LogP contribution in [0.1, 0.15) is 17.0 Å². The molecule has 0 aliphatic heterocycles. The molecule has 0 aliphatic carbocycles. The number of aliphatic hydroxyl groups excluding tert-OH is 1. The van der Waals surface area contributed by atoms with Crippen LogP contribution in [-0.4, -0.2) is 14.9 Å². The number of hydrogen-bond acceptors (Lipinski definition) is 3. The van der Waals surface area contributed by atoms with Gasteiger partial charge in [0.05, 0.1) is 29.2 Å². The number of para-hydroxylation sites is 1. The Kier molecular flexibility index (Phi) is 2.71. The minimum atomic E-state index is -0.196. The van der Waals surface area contributed by atoms with Crippen LogP contribution in [-0.2, 0) is 6.61 Å². The van der Waals surface area contributed by atoms with Crippen LogP contribution in [0.3, 0.4) is 0 Å². The van der Waals surface area contributed by atoms with Crippen LogP contribution in [0.25, 0.3) is 5.69 Å². The number of rotatable bonds is 2. The van der Waals surface area contributed by atoms with E-state index in [1.54, 1.807) is 11.6 Å². The van der Waals surface area contributed by atoms with E-state index >= 15 is 0 Å². The van der Waals surface area contributed by atoms with Crippen LogP contribution >= 0.6 is 0 Å². The molecule has 4 nitrogen and oxygen atoms in total. The zero-order chi connectivity index (χ0) is 11.5. The van der Waals surface area contributed by atoms with E-state index in [2.05, 4.69) is 11.2 Å². The van der Waals surface area contributed by atoms with Crippen molar-refractivity contribution in [3.8, 4) is 11.8 Å². The summed E-state index contributed by atoms with van der Waals surface area (Å²) in [4.78, 5) is 0. The van der Waals surface area contributed by atoms with Crippen LogP contribution in [0.15, 0.2) is 30.3 Å². The van der Waals surface area contributed by atoms with E-state index in [0.29, 0.717) is 17.0 Å². The molecule has 1 aromatic heterocycles. The lowest BCUT2D eigenvalue weighted by Gasteiger charge is -2.04. The van der Waals surface area contributed by atoms with Crippen molar-refractivity contribution >= 4 is 0 Å². The van der Waals surface area contributed by atoms with Crippen molar-refractivity contribution in [2.24, 2.45) is 0 Å². The predicted octanol–water partition coefficient (Wildman–Crippen LogP) is 1.54. The van der Waals surface area contributed by atoms with Crippen LogP contribution in [0.5, 0.6) is 0 Å². The molecular weight excluding hydrogens is 202 g/mol. The Morgan fingerprint density at radius 2 is 2.06 bits per heavy atom. The first-order valence-electron chi connectivity index (χ1n) is 4.92. The summed E-state index contributed by atoms with van der Waals surface area (Å²) in [6.45, 7) is 1.57. The molecule has 0 fully saturated rings. The third-order valence-corrected chi connectivity index (χ3v) is 2.42. The third-order valence-electron chi connectivity index (χ3n) is 2.42. The quantitative estimate of drug-likeness (QED) is 0.823. The molecule has 0 unspecified atom stereocenters. The molecule has 0 saturated carbocycles. The Morgan fingerprint density at radius 1 is 1.38 bits per heavy atom. The molecule has 0 amide bonds. The summed E-state index contributed by atoms with van der Waals surface area (Å²) in [6, 6.07) is 11.5. The number of benzene rings is 1. The molecule has 1 N–H and O–H groups in total. The molecule has 0 saturated heterocycles. The lowest BCUT2D eigenvalue weighted by molar-refractivity contribution is 0.273. The van der Waals surface area contributed by atoms with Crippen LogP contribution in [0.4, 0.5) is 0 Å². The maximum Gasteiger partial charge on any atom is 0.103 e. The second-order valence-electron chi connectivity index (χ2n) is 3.42. The number of aryl methyl sites for hydroxylation is 1. The highest BCUT2D eigenvalue weighted by atomic mass is 16.3. The third kappa shape index (κ3) is 1.58. The molecule has 0 aliphatic rings. The van der Waals surface area contributed by atoms with Crippen LogP contribution < -0.4 is 0 Å². The molecule has 2 aromatic rings.